The summed E-state index contributed by atoms with van der Waals surface area (Å²) >= 11 is 0. The Labute approximate surface area is 75.2 Å². The largest absolute Gasteiger partial charge is 0.300 e. The molecular weight excluding hydrogens is 166 g/mol. The molecule has 0 saturated heterocycles. The van der Waals surface area contributed by atoms with Gasteiger partial charge >= 0.3 is 0 Å². The molecule has 0 spiro atoms. The van der Waals surface area contributed by atoms with E-state index in [0.717, 1.165) is 11.1 Å². The number of rotatable bonds is 2. The summed E-state index contributed by atoms with van der Waals surface area (Å²) in [5.74, 6) is 0.150. The van der Waals surface area contributed by atoms with Crippen LogP contribution in [-0.4, -0.2) is 20.4 Å². The van der Waals surface area contributed by atoms with Crippen LogP contribution < -0.4 is 0 Å². The molecule has 0 radical (unpaired) electrons. The fourth-order valence-electron chi connectivity index (χ4n) is 1.32. The Morgan fingerprint density at radius 2 is 2.46 bits per heavy atom. The Hall–Kier alpha value is -1.71. The van der Waals surface area contributed by atoms with Crippen molar-refractivity contribution in [1.82, 2.24) is 14.6 Å². The van der Waals surface area contributed by atoms with Gasteiger partial charge in [0.1, 0.15) is 12.1 Å². The summed E-state index contributed by atoms with van der Waals surface area (Å²) in [5, 5.41) is 4.00. The van der Waals surface area contributed by atoms with Gasteiger partial charge in [-0.15, -0.1) is 0 Å². The van der Waals surface area contributed by atoms with Crippen molar-refractivity contribution in [2.45, 2.75) is 13.3 Å². The lowest BCUT2D eigenvalue weighted by atomic mass is 10.1. The number of ketones is 1. The van der Waals surface area contributed by atoms with Gasteiger partial charge in [0, 0.05) is 12.6 Å². The molecule has 0 aromatic carbocycles. The van der Waals surface area contributed by atoms with Gasteiger partial charge in [0.2, 0.25) is 0 Å². The van der Waals surface area contributed by atoms with Crippen LogP contribution in [0.3, 0.4) is 0 Å². The van der Waals surface area contributed by atoms with E-state index in [4.69, 9.17) is 0 Å². The van der Waals surface area contributed by atoms with Crippen LogP contribution in [0.5, 0.6) is 0 Å². The Morgan fingerprint density at radius 3 is 3.23 bits per heavy atom. The summed E-state index contributed by atoms with van der Waals surface area (Å²) in [6.07, 6.45) is 5.47. The van der Waals surface area contributed by atoms with Gasteiger partial charge in [-0.1, -0.05) is 0 Å². The summed E-state index contributed by atoms with van der Waals surface area (Å²) in [4.78, 5) is 14.8. The number of carbonyl (C=O) groups excluding carboxylic acids is 1. The van der Waals surface area contributed by atoms with E-state index in [1.54, 1.807) is 17.6 Å². The normalized spacial score (nSPS) is 10.5. The molecule has 13 heavy (non-hydrogen) atoms. The number of hydrogen-bond donors (Lipinski definition) is 0. The third-order valence-corrected chi connectivity index (χ3v) is 1.87. The molecule has 2 rings (SSSR count). The molecule has 0 aliphatic carbocycles. The third-order valence-electron chi connectivity index (χ3n) is 1.87. The fraction of sp³-hybridized carbons (Fsp3) is 0.222. The smallest absolute Gasteiger partial charge is 0.136 e. The molecule has 0 atom stereocenters. The molecule has 0 saturated carbocycles. The molecule has 0 fully saturated rings. The second-order valence-electron chi connectivity index (χ2n) is 2.96. The van der Waals surface area contributed by atoms with Crippen LogP contribution >= 0.6 is 0 Å². The first-order valence-electron chi connectivity index (χ1n) is 4.03. The van der Waals surface area contributed by atoms with Gasteiger partial charge in [0.25, 0.3) is 0 Å². The van der Waals surface area contributed by atoms with Crippen molar-refractivity contribution in [2.24, 2.45) is 0 Å². The Bertz CT molecular complexity index is 447. The maximum atomic E-state index is 10.9. The van der Waals surface area contributed by atoms with Crippen molar-refractivity contribution in [3.05, 3.63) is 30.4 Å². The van der Waals surface area contributed by atoms with Gasteiger partial charge in [-0.05, 0) is 18.6 Å². The number of Topliss-reactive ketones (excluding diaryl/α,β-unsaturated/α-hetero) is 1. The molecule has 2 aromatic heterocycles. The van der Waals surface area contributed by atoms with Crippen molar-refractivity contribution in [1.29, 1.82) is 0 Å². The number of fused-ring (bicyclic) bond motifs is 1. The molecule has 66 valence electrons. The van der Waals surface area contributed by atoms with E-state index < -0.39 is 0 Å². The number of nitrogens with zero attached hydrogens (tertiary/aromatic N) is 3. The van der Waals surface area contributed by atoms with Gasteiger partial charge in [-0.25, -0.2) is 9.50 Å². The van der Waals surface area contributed by atoms with Gasteiger partial charge in [0.15, 0.2) is 0 Å². The Balaban J connectivity index is 2.51. The van der Waals surface area contributed by atoms with Gasteiger partial charge < -0.3 is 0 Å². The summed E-state index contributed by atoms with van der Waals surface area (Å²) in [6.45, 7) is 1.58. The predicted octanol–water partition coefficient (Wildman–Crippen LogP) is 0.861. The molecule has 0 aliphatic rings. The minimum absolute atomic E-state index is 0.150. The van der Waals surface area contributed by atoms with Crippen LogP contribution in [-0.2, 0) is 11.2 Å². The molecule has 0 bridgehead atoms. The van der Waals surface area contributed by atoms with Crippen molar-refractivity contribution in [3.63, 3.8) is 0 Å². The van der Waals surface area contributed by atoms with E-state index in [9.17, 15) is 4.79 Å². The lowest BCUT2D eigenvalue weighted by Crippen LogP contribution is -1.97. The van der Waals surface area contributed by atoms with E-state index >= 15 is 0 Å². The first-order valence-corrected chi connectivity index (χ1v) is 4.03. The minimum Gasteiger partial charge on any atom is -0.300 e. The Kier molecular flexibility index (Phi) is 1.81. The van der Waals surface area contributed by atoms with E-state index in [1.165, 1.54) is 6.33 Å². The SMILES string of the molecule is CC(=O)Cc1ccn2ncncc12. The zero-order valence-electron chi connectivity index (χ0n) is 7.27. The first kappa shape index (κ1) is 7.91. The van der Waals surface area contributed by atoms with Crippen molar-refractivity contribution < 1.29 is 4.79 Å². The summed E-state index contributed by atoms with van der Waals surface area (Å²) < 4.78 is 1.71. The van der Waals surface area contributed by atoms with Gasteiger partial charge in [-0.2, -0.15) is 5.10 Å². The monoisotopic (exact) mass is 175 g/mol. The standard InChI is InChI=1S/C9H9N3O/c1-7(13)4-8-2-3-12-9(8)5-10-6-11-12/h2-3,5-6H,4H2,1H3. The first-order chi connectivity index (χ1) is 6.27. The van der Waals surface area contributed by atoms with E-state index in [1.807, 2.05) is 12.3 Å². The highest BCUT2D eigenvalue weighted by Crippen LogP contribution is 2.10. The van der Waals surface area contributed by atoms with Crippen LogP contribution in [0.15, 0.2) is 24.8 Å². The summed E-state index contributed by atoms with van der Waals surface area (Å²) in [7, 11) is 0. The molecule has 0 amide bonds. The lowest BCUT2D eigenvalue weighted by molar-refractivity contribution is -0.116. The summed E-state index contributed by atoms with van der Waals surface area (Å²) in [5.41, 5.74) is 1.88. The number of carbonyl (C=O) groups is 1. The van der Waals surface area contributed by atoms with Crippen LogP contribution in [0.1, 0.15) is 12.5 Å². The number of hydrogen-bond acceptors (Lipinski definition) is 3. The Morgan fingerprint density at radius 1 is 1.62 bits per heavy atom. The highest BCUT2D eigenvalue weighted by molar-refractivity contribution is 5.80. The van der Waals surface area contributed by atoms with Crippen LogP contribution in [0.25, 0.3) is 5.52 Å². The third kappa shape index (κ3) is 1.42. The van der Waals surface area contributed by atoms with Crippen LogP contribution in [0, 0.1) is 0 Å². The van der Waals surface area contributed by atoms with E-state index in [-0.39, 0.29) is 5.78 Å². The fourth-order valence-corrected chi connectivity index (χ4v) is 1.32. The molecule has 2 heterocycles. The zero-order chi connectivity index (χ0) is 9.26. The van der Waals surface area contributed by atoms with E-state index in [2.05, 4.69) is 10.1 Å². The molecule has 4 heteroatoms. The topological polar surface area (TPSA) is 47.3 Å². The quantitative estimate of drug-likeness (QED) is 0.680. The minimum atomic E-state index is 0.150. The highest BCUT2D eigenvalue weighted by atomic mass is 16.1. The second kappa shape index (κ2) is 2.97. The van der Waals surface area contributed by atoms with Crippen molar-refractivity contribution >= 4 is 11.3 Å². The maximum Gasteiger partial charge on any atom is 0.136 e. The molecule has 0 N–H and O–H groups in total. The molecule has 0 aliphatic heterocycles. The second-order valence-corrected chi connectivity index (χ2v) is 2.96. The van der Waals surface area contributed by atoms with Crippen LogP contribution in [0.4, 0.5) is 0 Å². The molecule has 2 aromatic rings. The molecular formula is C9H9N3O. The van der Waals surface area contributed by atoms with Crippen molar-refractivity contribution in [2.75, 3.05) is 0 Å². The van der Waals surface area contributed by atoms with E-state index in [0.29, 0.717) is 6.42 Å². The maximum absolute atomic E-state index is 10.9. The van der Waals surface area contributed by atoms with Gasteiger partial charge in [0.05, 0.1) is 11.7 Å². The highest BCUT2D eigenvalue weighted by Gasteiger charge is 2.04. The molecule has 4 nitrogen and oxygen atoms in total. The number of aromatic nitrogens is 3. The zero-order valence-corrected chi connectivity index (χ0v) is 7.27. The predicted molar refractivity (Wildman–Crippen MR) is 47.4 cm³/mol. The van der Waals surface area contributed by atoms with Crippen LogP contribution in [0.2, 0.25) is 0 Å². The average Bonchev–Trinajstić information content (AvgIpc) is 2.48. The van der Waals surface area contributed by atoms with Gasteiger partial charge in [-0.3, -0.25) is 4.79 Å². The van der Waals surface area contributed by atoms with Crippen molar-refractivity contribution in [3.8, 4) is 0 Å². The molecule has 0 unspecified atom stereocenters. The summed E-state index contributed by atoms with van der Waals surface area (Å²) in [6, 6.07) is 1.89. The lowest BCUT2D eigenvalue weighted by Gasteiger charge is -1.94. The average molecular weight is 175 g/mol.